The van der Waals surface area contributed by atoms with Gasteiger partial charge in [-0.25, -0.2) is 0 Å². The van der Waals surface area contributed by atoms with E-state index in [1.54, 1.807) is 0 Å². The van der Waals surface area contributed by atoms with Crippen LogP contribution in [-0.4, -0.2) is 15.3 Å². The molecule has 0 saturated heterocycles. The number of carbonyl (C=O) groups excluding carboxylic acids is 1. The zero-order valence-electron chi connectivity index (χ0n) is 8.39. The van der Waals surface area contributed by atoms with Gasteiger partial charge in [0.15, 0.2) is 0 Å². The standard InChI is InChI=1S/C9H10N2O4/c1-6-3-9(13)10(4-7(2)12)5-8(6)11(14)15/h3,5H,4H2,1-2H3. The van der Waals surface area contributed by atoms with Gasteiger partial charge in [-0.1, -0.05) is 0 Å². The molecule has 0 N–H and O–H groups in total. The van der Waals surface area contributed by atoms with Crippen LogP contribution in [0, 0.1) is 17.0 Å². The first-order chi connectivity index (χ1) is 6.91. The molecular weight excluding hydrogens is 200 g/mol. The molecule has 6 heteroatoms. The highest BCUT2D eigenvalue weighted by Crippen LogP contribution is 2.13. The van der Waals surface area contributed by atoms with Gasteiger partial charge in [0.2, 0.25) is 0 Å². The zero-order valence-corrected chi connectivity index (χ0v) is 8.39. The number of Topliss-reactive ketones (excluding diaryl/α,β-unsaturated/α-hetero) is 1. The van der Waals surface area contributed by atoms with E-state index < -0.39 is 10.5 Å². The van der Waals surface area contributed by atoms with Crippen LogP contribution in [0.3, 0.4) is 0 Å². The quantitative estimate of drug-likeness (QED) is 0.541. The maximum absolute atomic E-state index is 11.3. The van der Waals surface area contributed by atoms with Crippen molar-refractivity contribution in [1.82, 2.24) is 4.57 Å². The van der Waals surface area contributed by atoms with Crippen molar-refractivity contribution in [3.05, 3.63) is 38.3 Å². The first-order valence-corrected chi connectivity index (χ1v) is 4.26. The van der Waals surface area contributed by atoms with Gasteiger partial charge >= 0.3 is 0 Å². The molecule has 0 saturated carbocycles. The van der Waals surface area contributed by atoms with Gasteiger partial charge in [-0.05, 0) is 13.8 Å². The van der Waals surface area contributed by atoms with E-state index in [4.69, 9.17) is 0 Å². The van der Waals surface area contributed by atoms with E-state index in [-0.39, 0.29) is 18.0 Å². The van der Waals surface area contributed by atoms with Gasteiger partial charge in [-0.2, -0.15) is 0 Å². The molecule has 6 nitrogen and oxygen atoms in total. The summed E-state index contributed by atoms with van der Waals surface area (Å²) in [6.07, 6.45) is 1.10. The number of hydrogen-bond donors (Lipinski definition) is 0. The summed E-state index contributed by atoms with van der Waals surface area (Å²) in [6.45, 7) is 2.66. The zero-order chi connectivity index (χ0) is 11.6. The van der Waals surface area contributed by atoms with E-state index in [9.17, 15) is 19.7 Å². The van der Waals surface area contributed by atoms with Crippen LogP contribution in [0.1, 0.15) is 12.5 Å². The SMILES string of the molecule is CC(=O)Cn1cc([N+](=O)[O-])c(C)cc1=O. The summed E-state index contributed by atoms with van der Waals surface area (Å²) >= 11 is 0. The highest BCUT2D eigenvalue weighted by Gasteiger charge is 2.13. The molecular formula is C9H10N2O4. The number of nitrogens with zero attached hydrogens (tertiary/aromatic N) is 2. The molecule has 0 bridgehead atoms. The molecule has 0 unspecified atom stereocenters. The number of pyridine rings is 1. The summed E-state index contributed by atoms with van der Waals surface area (Å²) in [5, 5.41) is 10.6. The van der Waals surface area contributed by atoms with Crippen LogP contribution < -0.4 is 5.56 Å². The van der Waals surface area contributed by atoms with E-state index >= 15 is 0 Å². The van der Waals surface area contributed by atoms with Gasteiger partial charge in [0, 0.05) is 11.6 Å². The molecule has 0 atom stereocenters. The second-order valence-corrected chi connectivity index (χ2v) is 3.27. The van der Waals surface area contributed by atoms with Crippen molar-refractivity contribution in [2.24, 2.45) is 0 Å². The smallest absolute Gasteiger partial charge is 0.288 e. The van der Waals surface area contributed by atoms with Crippen molar-refractivity contribution in [2.45, 2.75) is 20.4 Å². The topological polar surface area (TPSA) is 82.2 Å². The number of carbonyl (C=O) groups is 1. The maximum Gasteiger partial charge on any atom is 0.288 e. The predicted octanol–water partition coefficient (Wildman–Crippen LogP) is 0.654. The fourth-order valence-corrected chi connectivity index (χ4v) is 1.21. The Labute approximate surface area is 85.3 Å². The lowest BCUT2D eigenvalue weighted by Crippen LogP contribution is -2.23. The molecule has 0 aliphatic heterocycles. The second-order valence-electron chi connectivity index (χ2n) is 3.27. The molecule has 0 aliphatic rings. The van der Waals surface area contributed by atoms with Gasteiger partial charge in [-0.3, -0.25) is 19.7 Å². The first-order valence-electron chi connectivity index (χ1n) is 4.26. The minimum atomic E-state index is -0.578. The number of aryl methyl sites for hydroxylation is 1. The molecule has 0 aromatic carbocycles. The fraction of sp³-hybridized carbons (Fsp3) is 0.333. The van der Waals surface area contributed by atoms with Crippen LogP contribution in [0.15, 0.2) is 17.1 Å². The van der Waals surface area contributed by atoms with Gasteiger partial charge < -0.3 is 4.57 Å². The minimum Gasteiger partial charge on any atom is -0.301 e. The summed E-state index contributed by atoms with van der Waals surface area (Å²) < 4.78 is 1.04. The molecule has 0 radical (unpaired) electrons. The van der Waals surface area contributed by atoms with Crippen molar-refractivity contribution < 1.29 is 9.72 Å². The minimum absolute atomic E-state index is 0.139. The fourth-order valence-electron chi connectivity index (χ4n) is 1.21. The third-order valence-electron chi connectivity index (χ3n) is 1.89. The molecule has 0 spiro atoms. The maximum atomic E-state index is 11.3. The summed E-state index contributed by atoms with van der Waals surface area (Å²) in [4.78, 5) is 32.1. The van der Waals surface area contributed by atoms with E-state index in [1.807, 2.05) is 0 Å². The Morgan fingerprint density at radius 3 is 2.67 bits per heavy atom. The first kappa shape index (κ1) is 11.1. The molecule has 0 aliphatic carbocycles. The Balaban J connectivity index is 3.29. The van der Waals surface area contributed by atoms with Crippen molar-refractivity contribution >= 4 is 11.5 Å². The third kappa shape index (κ3) is 2.49. The van der Waals surface area contributed by atoms with Crippen molar-refractivity contribution in [3.8, 4) is 0 Å². The monoisotopic (exact) mass is 210 g/mol. The van der Waals surface area contributed by atoms with Gasteiger partial charge in [0.1, 0.15) is 5.78 Å². The number of aromatic nitrogens is 1. The summed E-state index contributed by atoms with van der Waals surface area (Å²) in [6, 6.07) is 1.15. The van der Waals surface area contributed by atoms with Gasteiger partial charge in [0.25, 0.3) is 11.2 Å². The Hall–Kier alpha value is -1.98. The van der Waals surface area contributed by atoms with Crippen LogP contribution in [0.2, 0.25) is 0 Å². The molecule has 1 aromatic heterocycles. The molecule has 1 rings (SSSR count). The van der Waals surface area contributed by atoms with E-state index in [2.05, 4.69) is 0 Å². The lowest BCUT2D eigenvalue weighted by atomic mass is 10.2. The highest BCUT2D eigenvalue weighted by atomic mass is 16.6. The van der Waals surface area contributed by atoms with Crippen molar-refractivity contribution in [2.75, 3.05) is 0 Å². The Morgan fingerprint density at radius 2 is 2.20 bits per heavy atom. The predicted molar refractivity (Wildman–Crippen MR) is 52.8 cm³/mol. The molecule has 15 heavy (non-hydrogen) atoms. The Kier molecular flexibility index (Phi) is 2.99. The highest BCUT2D eigenvalue weighted by molar-refractivity contribution is 5.75. The summed E-state index contributed by atoms with van der Waals surface area (Å²) in [7, 11) is 0. The van der Waals surface area contributed by atoms with Crippen molar-refractivity contribution in [1.29, 1.82) is 0 Å². The summed E-state index contributed by atoms with van der Waals surface area (Å²) in [5.74, 6) is -0.227. The number of hydrogen-bond acceptors (Lipinski definition) is 4. The van der Waals surface area contributed by atoms with E-state index in [0.29, 0.717) is 5.56 Å². The Morgan fingerprint density at radius 1 is 1.60 bits per heavy atom. The second kappa shape index (κ2) is 4.04. The average molecular weight is 210 g/mol. The molecule has 80 valence electrons. The largest absolute Gasteiger partial charge is 0.301 e. The van der Waals surface area contributed by atoms with Crippen LogP contribution in [0.5, 0.6) is 0 Å². The van der Waals surface area contributed by atoms with E-state index in [0.717, 1.165) is 16.8 Å². The van der Waals surface area contributed by atoms with Crippen LogP contribution in [0.4, 0.5) is 5.69 Å². The lowest BCUT2D eigenvalue weighted by Gasteiger charge is -2.03. The number of ketones is 1. The number of nitro groups is 1. The average Bonchev–Trinajstić information content (AvgIpc) is 2.08. The molecule has 0 fully saturated rings. The van der Waals surface area contributed by atoms with Crippen molar-refractivity contribution in [3.63, 3.8) is 0 Å². The number of rotatable bonds is 3. The normalized spacial score (nSPS) is 10.0. The third-order valence-corrected chi connectivity index (χ3v) is 1.89. The van der Waals surface area contributed by atoms with Gasteiger partial charge in [-0.15, -0.1) is 0 Å². The molecule has 0 amide bonds. The molecule has 1 aromatic rings. The molecule has 1 heterocycles. The van der Waals surface area contributed by atoms with Gasteiger partial charge in [0.05, 0.1) is 17.7 Å². The van der Waals surface area contributed by atoms with Crippen LogP contribution in [0.25, 0.3) is 0 Å². The van der Waals surface area contributed by atoms with E-state index in [1.165, 1.54) is 13.8 Å². The van der Waals surface area contributed by atoms with Crippen LogP contribution in [-0.2, 0) is 11.3 Å². The Bertz CT molecular complexity index is 475. The summed E-state index contributed by atoms with van der Waals surface area (Å²) in [5.41, 5.74) is -0.269. The lowest BCUT2D eigenvalue weighted by molar-refractivity contribution is -0.385. The van der Waals surface area contributed by atoms with Crippen LogP contribution >= 0.6 is 0 Å².